The van der Waals surface area contributed by atoms with Crippen LogP contribution in [0.5, 0.6) is 0 Å². The zero-order valence-electron chi connectivity index (χ0n) is 11.3. The van der Waals surface area contributed by atoms with Crippen molar-refractivity contribution in [3.63, 3.8) is 0 Å². The van der Waals surface area contributed by atoms with Gasteiger partial charge in [-0.1, -0.05) is 20.8 Å². The Morgan fingerprint density at radius 2 is 1.62 bits per heavy atom. The van der Waals surface area contributed by atoms with Crippen LogP contribution in [0, 0.1) is 23.7 Å². The first-order valence-electron chi connectivity index (χ1n) is 7.04. The van der Waals surface area contributed by atoms with Gasteiger partial charge in [0.25, 0.3) is 0 Å². The fourth-order valence-electron chi connectivity index (χ4n) is 2.42. The summed E-state index contributed by atoms with van der Waals surface area (Å²) in [4.78, 5) is 0. The van der Waals surface area contributed by atoms with Gasteiger partial charge in [-0.3, -0.25) is 0 Å². The predicted molar refractivity (Wildman–Crippen MR) is 71.4 cm³/mol. The number of nitrogens with two attached hydrogens (primary N) is 1. The normalized spacial score (nSPS) is 28.3. The molecule has 16 heavy (non-hydrogen) atoms. The second-order valence-electron chi connectivity index (χ2n) is 6.00. The highest BCUT2D eigenvalue weighted by Crippen LogP contribution is 2.27. The molecule has 0 saturated heterocycles. The van der Waals surface area contributed by atoms with E-state index in [4.69, 9.17) is 5.73 Å². The maximum absolute atomic E-state index is 5.71. The number of hydrogen-bond donors (Lipinski definition) is 2. The van der Waals surface area contributed by atoms with Crippen molar-refractivity contribution in [2.75, 3.05) is 19.6 Å². The SMILES string of the molecule is CC(C)C(C)CNCC1CCC(CN)CC1. The van der Waals surface area contributed by atoms with Gasteiger partial charge in [-0.15, -0.1) is 0 Å². The van der Waals surface area contributed by atoms with Crippen LogP contribution in [0.3, 0.4) is 0 Å². The molecule has 1 atom stereocenters. The quantitative estimate of drug-likeness (QED) is 0.730. The van der Waals surface area contributed by atoms with Crippen molar-refractivity contribution < 1.29 is 0 Å². The van der Waals surface area contributed by atoms with Crippen LogP contribution in [-0.2, 0) is 0 Å². The highest BCUT2D eigenvalue weighted by molar-refractivity contribution is 4.75. The Kier molecular flexibility index (Phi) is 6.37. The molecule has 2 heteroatoms. The van der Waals surface area contributed by atoms with E-state index in [-0.39, 0.29) is 0 Å². The van der Waals surface area contributed by atoms with Gasteiger partial charge in [0.2, 0.25) is 0 Å². The summed E-state index contributed by atoms with van der Waals surface area (Å²) in [5.41, 5.74) is 5.71. The maximum Gasteiger partial charge on any atom is -0.00204 e. The lowest BCUT2D eigenvalue weighted by Crippen LogP contribution is -2.32. The van der Waals surface area contributed by atoms with Crippen molar-refractivity contribution in [2.45, 2.75) is 46.5 Å². The van der Waals surface area contributed by atoms with Crippen LogP contribution in [0.1, 0.15) is 46.5 Å². The van der Waals surface area contributed by atoms with Gasteiger partial charge in [0.15, 0.2) is 0 Å². The first kappa shape index (κ1) is 14.0. The molecule has 0 radical (unpaired) electrons. The smallest absolute Gasteiger partial charge is 0.00204 e. The van der Waals surface area contributed by atoms with Gasteiger partial charge < -0.3 is 11.1 Å². The van der Waals surface area contributed by atoms with Gasteiger partial charge in [0.05, 0.1) is 0 Å². The maximum atomic E-state index is 5.71. The first-order chi connectivity index (χ1) is 7.63. The van der Waals surface area contributed by atoms with Gasteiger partial charge in [0.1, 0.15) is 0 Å². The van der Waals surface area contributed by atoms with Crippen LogP contribution in [0.4, 0.5) is 0 Å². The molecular weight excluding hydrogens is 196 g/mol. The molecule has 1 saturated carbocycles. The zero-order valence-corrected chi connectivity index (χ0v) is 11.3. The Morgan fingerprint density at radius 3 is 2.12 bits per heavy atom. The molecule has 3 N–H and O–H groups in total. The molecule has 0 aliphatic heterocycles. The lowest BCUT2D eigenvalue weighted by Gasteiger charge is -2.28. The summed E-state index contributed by atoms with van der Waals surface area (Å²) in [5, 5.41) is 3.64. The molecule has 1 fully saturated rings. The number of rotatable bonds is 6. The molecule has 0 heterocycles. The van der Waals surface area contributed by atoms with E-state index in [0.717, 1.165) is 30.2 Å². The largest absolute Gasteiger partial charge is 0.330 e. The van der Waals surface area contributed by atoms with E-state index in [1.54, 1.807) is 0 Å². The Hall–Kier alpha value is -0.0800. The molecule has 0 spiro atoms. The lowest BCUT2D eigenvalue weighted by molar-refractivity contribution is 0.265. The van der Waals surface area contributed by atoms with Gasteiger partial charge >= 0.3 is 0 Å². The Bertz CT molecular complexity index is 172. The fourth-order valence-corrected chi connectivity index (χ4v) is 2.42. The summed E-state index contributed by atoms with van der Waals surface area (Å²) >= 11 is 0. The molecule has 96 valence electrons. The molecule has 0 aromatic carbocycles. The third-order valence-electron chi connectivity index (χ3n) is 4.34. The van der Waals surface area contributed by atoms with Gasteiger partial charge in [-0.05, 0) is 69.0 Å². The van der Waals surface area contributed by atoms with Gasteiger partial charge in [-0.25, -0.2) is 0 Å². The second-order valence-corrected chi connectivity index (χ2v) is 6.00. The molecule has 0 bridgehead atoms. The molecule has 1 unspecified atom stereocenters. The number of nitrogens with one attached hydrogen (secondary N) is 1. The van der Waals surface area contributed by atoms with Crippen LogP contribution in [-0.4, -0.2) is 19.6 Å². The average Bonchev–Trinajstić information content (AvgIpc) is 2.29. The molecule has 1 rings (SSSR count). The first-order valence-corrected chi connectivity index (χ1v) is 7.04. The topological polar surface area (TPSA) is 38.0 Å². The van der Waals surface area contributed by atoms with Crippen molar-refractivity contribution in [2.24, 2.45) is 29.4 Å². The highest BCUT2D eigenvalue weighted by atomic mass is 14.9. The van der Waals surface area contributed by atoms with E-state index >= 15 is 0 Å². The molecule has 0 aromatic rings. The molecule has 1 aliphatic rings. The molecule has 0 aromatic heterocycles. The fraction of sp³-hybridized carbons (Fsp3) is 1.00. The summed E-state index contributed by atoms with van der Waals surface area (Å²) < 4.78 is 0. The number of hydrogen-bond acceptors (Lipinski definition) is 2. The third kappa shape index (κ3) is 4.84. The minimum absolute atomic E-state index is 0.792. The summed E-state index contributed by atoms with van der Waals surface area (Å²) in [6.45, 7) is 10.2. The Balaban J connectivity index is 2.06. The van der Waals surface area contributed by atoms with Crippen molar-refractivity contribution in [1.82, 2.24) is 5.32 Å². The van der Waals surface area contributed by atoms with Crippen LogP contribution in [0.15, 0.2) is 0 Å². The van der Waals surface area contributed by atoms with E-state index in [2.05, 4.69) is 26.1 Å². The van der Waals surface area contributed by atoms with Gasteiger partial charge in [0, 0.05) is 0 Å². The second kappa shape index (κ2) is 7.29. The zero-order chi connectivity index (χ0) is 12.0. The van der Waals surface area contributed by atoms with Crippen molar-refractivity contribution >= 4 is 0 Å². The minimum atomic E-state index is 0.792. The van der Waals surface area contributed by atoms with Crippen LogP contribution < -0.4 is 11.1 Å². The molecule has 2 nitrogen and oxygen atoms in total. The summed E-state index contributed by atoms with van der Waals surface area (Å²) in [5.74, 6) is 3.30. The van der Waals surface area contributed by atoms with E-state index in [1.165, 1.54) is 38.8 Å². The molecule has 0 amide bonds. The van der Waals surface area contributed by atoms with Gasteiger partial charge in [-0.2, -0.15) is 0 Å². The Morgan fingerprint density at radius 1 is 1.06 bits per heavy atom. The van der Waals surface area contributed by atoms with E-state index in [0.29, 0.717) is 0 Å². The van der Waals surface area contributed by atoms with Crippen molar-refractivity contribution in [1.29, 1.82) is 0 Å². The monoisotopic (exact) mass is 226 g/mol. The van der Waals surface area contributed by atoms with Crippen LogP contribution >= 0.6 is 0 Å². The van der Waals surface area contributed by atoms with Crippen molar-refractivity contribution in [3.8, 4) is 0 Å². The van der Waals surface area contributed by atoms with E-state index in [9.17, 15) is 0 Å². The predicted octanol–water partition coefficient (Wildman–Crippen LogP) is 2.63. The Labute approximate surface area is 101 Å². The average molecular weight is 226 g/mol. The molecule has 1 aliphatic carbocycles. The standard InChI is InChI=1S/C14H30N2/c1-11(2)12(3)9-16-10-14-6-4-13(8-15)5-7-14/h11-14,16H,4-10,15H2,1-3H3. The summed E-state index contributed by atoms with van der Waals surface area (Å²) in [6.07, 6.45) is 5.46. The highest BCUT2D eigenvalue weighted by Gasteiger charge is 2.19. The van der Waals surface area contributed by atoms with Crippen molar-refractivity contribution in [3.05, 3.63) is 0 Å². The third-order valence-corrected chi connectivity index (χ3v) is 4.34. The van der Waals surface area contributed by atoms with Crippen LogP contribution in [0.2, 0.25) is 0 Å². The molecular formula is C14H30N2. The summed E-state index contributed by atoms with van der Waals surface area (Å²) in [7, 11) is 0. The van der Waals surface area contributed by atoms with E-state index in [1.807, 2.05) is 0 Å². The lowest BCUT2D eigenvalue weighted by atomic mass is 9.82. The van der Waals surface area contributed by atoms with Crippen LogP contribution in [0.25, 0.3) is 0 Å². The van der Waals surface area contributed by atoms with E-state index < -0.39 is 0 Å². The summed E-state index contributed by atoms with van der Waals surface area (Å²) in [6, 6.07) is 0. The minimum Gasteiger partial charge on any atom is -0.330 e.